The largest absolute Gasteiger partial charge is 0.466 e. The maximum atomic E-state index is 13.2. The Kier molecular flexibility index (Phi) is 5.27. The highest BCUT2D eigenvalue weighted by Gasteiger charge is 2.54. The number of rotatable bonds is 6. The lowest BCUT2D eigenvalue weighted by molar-refractivity contribution is -0.683. The average molecular weight is 390 g/mol. The van der Waals surface area contributed by atoms with E-state index < -0.39 is 18.0 Å². The van der Waals surface area contributed by atoms with Crippen molar-refractivity contribution >= 4 is 29.7 Å². The van der Waals surface area contributed by atoms with Crippen molar-refractivity contribution in [1.82, 2.24) is 14.4 Å². The molecule has 0 aliphatic carbocycles. The fourth-order valence-corrected chi connectivity index (χ4v) is 3.81. The van der Waals surface area contributed by atoms with Crippen LogP contribution in [-0.2, 0) is 14.3 Å². The lowest BCUT2D eigenvalue weighted by atomic mass is 10.1. The van der Waals surface area contributed by atoms with E-state index in [1.807, 2.05) is 18.4 Å². The quantitative estimate of drug-likeness (QED) is 0.547. The minimum absolute atomic E-state index is 0.00931. The molecule has 1 aromatic heterocycles. The molecule has 3 amide bonds. The van der Waals surface area contributed by atoms with E-state index in [1.54, 1.807) is 14.0 Å². The van der Waals surface area contributed by atoms with E-state index >= 15 is 0 Å². The summed E-state index contributed by atoms with van der Waals surface area (Å²) in [6.45, 7) is 10.2. The normalized spacial score (nSPS) is 19.5. The van der Waals surface area contributed by atoms with Crippen LogP contribution in [-0.4, -0.2) is 58.3 Å². The van der Waals surface area contributed by atoms with E-state index in [0.29, 0.717) is 11.8 Å². The zero-order valence-corrected chi connectivity index (χ0v) is 17.4. The number of imide groups is 1. The molecule has 9 heteroatoms. The van der Waals surface area contributed by atoms with Gasteiger partial charge in [-0.2, -0.15) is 0 Å². The van der Waals surface area contributed by atoms with Crippen molar-refractivity contribution in [3.63, 3.8) is 0 Å². The second kappa shape index (κ2) is 7.37. The molecule has 2 aliphatic rings. The number of amidine groups is 1. The van der Waals surface area contributed by atoms with E-state index in [4.69, 9.17) is 4.74 Å². The van der Waals surface area contributed by atoms with E-state index in [0.717, 1.165) is 22.7 Å². The number of aliphatic imine (C=N–C) groups is 1. The van der Waals surface area contributed by atoms with Gasteiger partial charge in [0.15, 0.2) is 0 Å². The molecule has 152 valence electrons. The van der Waals surface area contributed by atoms with Gasteiger partial charge in [0.05, 0.1) is 19.1 Å². The summed E-state index contributed by atoms with van der Waals surface area (Å²) in [6.07, 6.45) is 0.896. The number of urea groups is 1. The van der Waals surface area contributed by atoms with Crippen LogP contribution in [0.4, 0.5) is 10.7 Å². The first-order valence-electron chi connectivity index (χ1n) is 9.70. The number of hydrogen-bond acceptors (Lipinski definition) is 5. The number of amides is 3. The molecule has 1 fully saturated rings. The SMILES string of the molecule is CCOC(=O)CCN1C(=O)C2C(=Nc3n(C(C)CC)c(C)c(C)[n+]32)N(C)C1=O. The first-order chi connectivity index (χ1) is 13.2. The fourth-order valence-electron chi connectivity index (χ4n) is 3.81. The molecule has 0 aromatic carbocycles. The highest BCUT2D eigenvalue weighted by Crippen LogP contribution is 2.33. The molecule has 2 unspecified atom stereocenters. The molecule has 0 spiro atoms. The molecule has 0 bridgehead atoms. The number of ether oxygens (including phenoxy) is 1. The standard InChI is InChI=1S/C19H28N5O4/c1-7-11(3)23-12(4)13(5)24-15-16(20-18(23)24)21(6)19(27)22(17(15)26)10-9-14(25)28-8-2/h11,15H,7-10H2,1-6H3/q+1. The average Bonchev–Trinajstić information content (AvgIpc) is 3.15. The second-order valence-corrected chi connectivity index (χ2v) is 7.23. The number of likely N-dealkylation sites (N-methyl/N-ethyl adjacent to an activating group) is 1. The van der Waals surface area contributed by atoms with Gasteiger partial charge in [0, 0.05) is 13.6 Å². The predicted molar refractivity (Wildman–Crippen MR) is 101 cm³/mol. The van der Waals surface area contributed by atoms with Gasteiger partial charge in [0.25, 0.3) is 5.91 Å². The summed E-state index contributed by atoms with van der Waals surface area (Å²) in [5.41, 5.74) is 2.00. The van der Waals surface area contributed by atoms with E-state index in [9.17, 15) is 14.4 Å². The van der Waals surface area contributed by atoms with Crippen molar-refractivity contribution in [2.24, 2.45) is 4.99 Å². The fraction of sp³-hybridized carbons (Fsp3) is 0.632. The molecule has 1 aromatic rings. The minimum atomic E-state index is -0.691. The number of esters is 1. The number of hydrogen-bond donors (Lipinski definition) is 0. The lowest BCUT2D eigenvalue weighted by Gasteiger charge is -2.33. The lowest BCUT2D eigenvalue weighted by Crippen LogP contribution is -2.63. The van der Waals surface area contributed by atoms with Crippen LogP contribution in [0.25, 0.3) is 0 Å². The molecule has 3 heterocycles. The van der Waals surface area contributed by atoms with Crippen LogP contribution in [0.3, 0.4) is 0 Å². The molecular formula is C19H28N5O4+. The molecule has 9 nitrogen and oxygen atoms in total. The molecule has 0 N–H and O–H groups in total. The van der Waals surface area contributed by atoms with Gasteiger partial charge in [-0.15, -0.1) is 0 Å². The maximum Gasteiger partial charge on any atom is 0.402 e. The number of carbonyl (C=O) groups is 3. The molecule has 2 atom stereocenters. The summed E-state index contributed by atoms with van der Waals surface area (Å²) < 4.78 is 8.94. The topological polar surface area (TPSA) is 88.1 Å². The number of aromatic nitrogens is 2. The monoisotopic (exact) mass is 390 g/mol. The number of carbonyl (C=O) groups excluding carboxylic acids is 3. The van der Waals surface area contributed by atoms with Gasteiger partial charge >= 0.3 is 17.9 Å². The summed E-state index contributed by atoms with van der Waals surface area (Å²) in [5.74, 6) is 0.321. The van der Waals surface area contributed by atoms with Gasteiger partial charge in [-0.25, -0.2) is 13.9 Å². The Morgan fingerprint density at radius 3 is 2.57 bits per heavy atom. The van der Waals surface area contributed by atoms with Crippen molar-refractivity contribution in [1.29, 1.82) is 0 Å². The zero-order chi connectivity index (χ0) is 20.7. The number of fused-ring (bicyclic) bond motifs is 3. The first-order valence-corrected chi connectivity index (χ1v) is 9.70. The number of nitrogens with zero attached hydrogens (tertiary/aromatic N) is 5. The van der Waals surface area contributed by atoms with Crippen LogP contribution >= 0.6 is 0 Å². The molecule has 1 saturated heterocycles. The molecule has 3 rings (SSSR count). The van der Waals surface area contributed by atoms with Crippen LogP contribution in [0.2, 0.25) is 0 Å². The Morgan fingerprint density at radius 1 is 1.29 bits per heavy atom. The van der Waals surface area contributed by atoms with Gasteiger partial charge in [0.1, 0.15) is 11.4 Å². The molecular weight excluding hydrogens is 362 g/mol. The molecule has 2 aliphatic heterocycles. The Hall–Kier alpha value is -2.71. The van der Waals surface area contributed by atoms with Crippen molar-refractivity contribution in [3.05, 3.63) is 11.4 Å². The second-order valence-electron chi connectivity index (χ2n) is 7.23. The zero-order valence-electron chi connectivity index (χ0n) is 17.4. The Morgan fingerprint density at radius 2 is 1.96 bits per heavy atom. The van der Waals surface area contributed by atoms with Gasteiger partial charge in [0.2, 0.25) is 11.9 Å². The summed E-state index contributed by atoms with van der Waals surface area (Å²) in [4.78, 5) is 44.9. The minimum Gasteiger partial charge on any atom is -0.466 e. The highest BCUT2D eigenvalue weighted by molar-refractivity contribution is 6.19. The van der Waals surface area contributed by atoms with Gasteiger partial charge in [-0.1, -0.05) is 11.9 Å². The Labute approximate surface area is 164 Å². The summed E-state index contributed by atoms with van der Waals surface area (Å²) in [6, 6.07) is -0.945. The summed E-state index contributed by atoms with van der Waals surface area (Å²) in [5, 5.41) is 0. The Bertz CT molecular complexity index is 872. The predicted octanol–water partition coefficient (Wildman–Crippen LogP) is 1.80. The third-order valence-electron chi connectivity index (χ3n) is 5.63. The van der Waals surface area contributed by atoms with Crippen molar-refractivity contribution in [3.8, 4) is 0 Å². The van der Waals surface area contributed by atoms with Gasteiger partial charge in [-0.05, 0) is 34.1 Å². The first kappa shape index (κ1) is 20.0. The maximum absolute atomic E-state index is 13.2. The van der Waals surface area contributed by atoms with Crippen molar-refractivity contribution in [2.75, 3.05) is 20.2 Å². The molecule has 0 radical (unpaired) electrons. The van der Waals surface area contributed by atoms with Crippen LogP contribution in [0, 0.1) is 13.8 Å². The third kappa shape index (κ3) is 2.89. The molecule has 0 saturated carbocycles. The van der Waals surface area contributed by atoms with Crippen molar-refractivity contribution in [2.45, 2.75) is 59.5 Å². The summed E-state index contributed by atoms with van der Waals surface area (Å²) in [7, 11) is 1.61. The summed E-state index contributed by atoms with van der Waals surface area (Å²) >= 11 is 0. The van der Waals surface area contributed by atoms with E-state index in [2.05, 4.69) is 23.4 Å². The van der Waals surface area contributed by atoms with Crippen LogP contribution in [0.1, 0.15) is 57.1 Å². The third-order valence-corrected chi connectivity index (χ3v) is 5.63. The Balaban J connectivity index is 1.99. The number of imidazole rings is 1. The van der Waals surface area contributed by atoms with Crippen LogP contribution in [0.15, 0.2) is 4.99 Å². The smallest absolute Gasteiger partial charge is 0.402 e. The van der Waals surface area contributed by atoms with Crippen molar-refractivity contribution < 1.29 is 23.7 Å². The van der Waals surface area contributed by atoms with E-state index in [-0.39, 0.29) is 31.5 Å². The van der Waals surface area contributed by atoms with Gasteiger partial charge < -0.3 is 4.74 Å². The van der Waals surface area contributed by atoms with E-state index in [1.165, 1.54) is 4.90 Å². The van der Waals surface area contributed by atoms with Crippen LogP contribution < -0.4 is 4.57 Å². The molecule has 28 heavy (non-hydrogen) atoms. The van der Waals surface area contributed by atoms with Gasteiger partial charge in [-0.3, -0.25) is 19.4 Å². The highest BCUT2D eigenvalue weighted by atomic mass is 16.5. The van der Waals surface area contributed by atoms with Crippen LogP contribution in [0.5, 0.6) is 0 Å².